The van der Waals surface area contributed by atoms with Crippen LogP contribution in [-0.2, 0) is 11.3 Å². The summed E-state index contributed by atoms with van der Waals surface area (Å²) in [6, 6.07) is 6.56. The number of rotatable bonds is 6. The van der Waals surface area contributed by atoms with Gasteiger partial charge in [0.2, 0.25) is 5.91 Å². The molecule has 1 aliphatic rings. The lowest BCUT2D eigenvalue weighted by molar-refractivity contribution is -0.125. The van der Waals surface area contributed by atoms with Gasteiger partial charge in [-0.25, -0.2) is 4.39 Å². The van der Waals surface area contributed by atoms with E-state index >= 15 is 0 Å². The van der Waals surface area contributed by atoms with E-state index in [0.717, 1.165) is 44.7 Å². The van der Waals surface area contributed by atoms with Gasteiger partial charge in [0.25, 0.3) is 0 Å². The molecule has 0 bridgehead atoms. The summed E-state index contributed by atoms with van der Waals surface area (Å²) in [5.74, 6) is -0.146. The Labute approximate surface area is 138 Å². The fourth-order valence-corrected chi connectivity index (χ4v) is 2.87. The van der Waals surface area contributed by atoms with Gasteiger partial charge in [0, 0.05) is 32.7 Å². The van der Waals surface area contributed by atoms with Gasteiger partial charge in [-0.3, -0.25) is 14.6 Å². The lowest BCUT2D eigenvalue weighted by Crippen LogP contribution is -2.46. The number of amides is 1. The minimum absolute atomic E-state index is 0.0527. The molecule has 126 valence electrons. The zero-order valence-corrected chi connectivity index (χ0v) is 13.8. The van der Waals surface area contributed by atoms with Gasteiger partial charge in [-0.2, -0.15) is 0 Å². The molecule has 1 aliphatic heterocycles. The second-order valence-corrected chi connectivity index (χ2v) is 6.00. The molecule has 0 aliphatic carbocycles. The van der Waals surface area contributed by atoms with Crippen molar-refractivity contribution < 1.29 is 9.18 Å². The molecule has 1 unspecified atom stereocenters. The number of carbonyl (C=O) groups excluding carboxylic acids is 1. The topological polar surface area (TPSA) is 35.6 Å². The van der Waals surface area contributed by atoms with Crippen LogP contribution >= 0.6 is 0 Å². The Balaban J connectivity index is 1.85. The summed E-state index contributed by atoms with van der Waals surface area (Å²) in [6.45, 7) is 10.6. The smallest absolute Gasteiger partial charge is 0.237 e. The Morgan fingerprint density at radius 3 is 2.74 bits per heavy atom. The quantitative estimate of drug-likeness (QED) is 0.815. The van der Waals surface area contributed by atoms with Crippen molar-refractivity contribution in [3.8, 4) is 0 Å². The van der Waals surface area contributed by atoms with Crippen molar-refractivity contribution in [1.82, 2.24) is 15.1 Å². The van der Waals surface area contributed by atoms with Gasteiger partial charge >= 0.3 is 0 Å². The van der Waals surface area contributed by atoms with Gasteiger partial charge in [-0.15, -0.1) is 6.58 Å². The number of benzene rings is 1. The molecule has 1 heterocycles. The van der Waals surface area contributed by atoms with Gasteiger partial charge in [-0.05, 0) is 37.6 Å². The molecule has 1 N–H and O–H groups in total. The van der Waals surface area contributed by atoms with Crippen LogP contribution in [0.15, 0.2) is 36.9 Å². The van der Waals surface area contributed by atoms with Crippen molar-refractivity contribution in [2.75, 3.05) is 32.7 Å². The summed E-state index contributed by atoms with van der Waals surface area (Å²) in [6.07, 6.45) is 2.72. The maximum absolute atomic E-state index is 13.0. The standard InChI is InChI=1S/C18H26FN3O/c1-3-9-20-18(23)15(2)22-11-4-10-21(12-13-22)14-16-5-7-17(19)8-6-16/h3,5-8,15H,1,4,9-14H2,2H3,(H,20,23). The molecule has 0 spiro atoms. The van der Waals surface area contributed by atoms with Crippen molar-refractivity contribution in [2.45, 2.75) is 25.9 Å². The van der Waals surface area contributed by atoms with Crippen LogP contribution in [-0.4, -0.2) is 54.5 Å². The van der Waals surface area contributed by atoms with Crippen LogP contribution in [0.2, 0.25) is 0 Å². The van der Waals surface area contributed by atoms with E-state index in [1.807, 2.05) is 19.1 Å². The summed E-state index contributed by atoms with van der Waals surface area (Å²) < 4.78 is 13.0. The molecule has 0 radical (unpaired) electrons. The van der Waals surface area contributed by atoms with E-state index in [2.05, 4.69) is 21.7 Å². The van der Waals surface area contributed by atoms with Crippen LogP contribution in [0.3, 0.4) is 0 Å². The van der Waals surface area contributed by atoms with E-state index in [1.54, 1.807) is 6.08 Å². The highest BCUT2D eigenvalue weighted by Gasteiger charge is 2.23. The van der Waals surface area contributed by atoms with Crippen LogP contribution < -0.4 is 5.32 Å². The Morgan fingerprint density at radius 2 is 2.04 bits per heavy atom. The van der Waals surface area contributed by atoms with Crippen LogP contribution in [0.5, 0.6) is 0 Å². The maximum Gasteiger partial charge on any atom is 0.237 e. The Hall–Kier alpha value is -1.72. The number of hydrogen-bond acceptors (Lipinski definition) is 3. The molecule has 0 saturated carbocycles. The van der Waals surface area contributed by atoms with Crippen molar-refractivity contribution in [2.24, 2.45) is 0 Å². The average Bonchev–Trinajstić information content (AvgIpc) is 2.79. The molecule has 1 amide bonds. The maximum atomic E-state index is 13.0. The summed E-state index contributed by atoms with van der Waals surface area (Å²) in [5.41, 5.74) is 1.12. The third kappa shape index (κ3) is 5.44. The lowest BCUT2D eigenvalue weighted by atomic mass is 10.2. The summed E-state index contributed by atoms with van der Waals surface area (Å²) in [4.78, 5) is 16.7. The molecule has 2 rings (SSSR count). The predicted octanol–water partition coefficient (Wildman–Crippen LogP) is 2.02. The second-order valence-electron chi connectivity index (χ2n) is 6.00. The Bertz CT molecular complexity index is 518. The Kier molecular flexibility index (Phi) is 6.74. The van der Waals surface area contributed by atoms with E-state index in [1.165, 1.54) is 12.1 Å². The van der Waals surface area contributed by atoms with E-state index < -0.39 is 0 Å². The molecule has 1 fully saturated rings. The first-order valence-corrected chi connectivity index (χ1v) is 8.19. The van der Waals surface area contributed by atoms with Gasteiger partial charge in [0.05, 0.1) is 6.04 Å². The molecule has 4 nitrogen and oxygen atoms in total. The molecule has 5 heteroatoms. The molecule has 0 aromatic heterocycles. The summed E-state index contributed by atoms with van der Waals surface area (Å²) >= 11 is 0. The first-order valence-electron chi connectivity index (χ1n) is 8.19. The molecule has 1 atom stereocenters. The van der Waals surface area contributed by atoms with Gasteiger partial charge in [0.1, 0.15) is 5.82 Å². The highest BCUT2D eigenvalue weighted by molar-refractivity contribution is 5.81. The van der Waals surface area contributed by atoms with E-state index in [-0.39, 0.29) is 17.8 Å². The molecular weight excluding hydrogens is 293 g/mol. The van der Waals surface area contributed by atoms with E-state index in [9.17, 15) is 9.18 Å². The lowest BCUT2D eigenvalue weighted by Gasteiger charge is -2.26. The third-order valence-electron chi connectivity index (χ3n) is 4.29. The average molecular weight is 319 g/mol. The van der Waals surface area contributed by atoms with Crippen molar-refractivity contribution in [1.29, 1.82) is 0 Å². The fourth-order valence-electron chi connectivity index (χ4n) is 2.87. The highest BCUT2D eigenvalue weighted by Crippen LogP contribution is 2.12. The molecule has 1 aromatic rings. The third-order valence-corrected chi connectivity index (χ3v) is 4.29. The van der Waals surface area contributed by atoms with Gasteiger partial charge in [-0.1, -0.05) is 18.2 Å². The van der Waals surface area contributed by atoms with Crippen LogP contribution in [0.1, 0.15) is 18.9 Å². The normalized spacial score (nSPS) is 18.2. The minimum atomic E-state index is -0.199. The van der Waals surface area contributed by atoms with E-state index in [4.69, 9.17) is 0 Å². The predicted molar refractivity (Wildman–Crippen MR) is 90.5 cm³/mol. The minimum Gasteiger partial charge on any atom is -0.351 e. The number of nitrogens with one attached hydrogen (secondary N) is 1. The molecular formula is C18H26FN3O. The SMILES string of the molecule is C=CCNC(=O)C(C)N1CCCN(Cc2ccc(F)cc2)CC1. The van der Waals surface area contributed by atoms with Crippen LogP contribution in [0.4, 0.5) is 4.39 Å². The monoisotopic (exact) mass is 319 g/mol. The molecule has 1 saturated heterocycles. The number of nitrogens with zero attached hydrogens (tertiary/aromatic N) is 2. The van der Waals surface area contributed by atoms with E-state index in [0.29, 0.717) is 6.54 Å². The zero-order valence-electron chi connectivity index (χ0n) is 13.8. The largest absolute Gasteiger partial charge is 0.351 e. The number of carbonyl (C=O) groups is 1. The highest BCUT2D eigenvalue weighted by atomic mass is 19.1. The first-order chi connectivity index (χ1) is 11.1. The van der Waals surface area contributed by atoms with Crippen LogP contribution in [0.25, 0.3) is 0 Å². The number of halogens is 1. The second kappa shape index (κ2) is 8.79. The van der Waals surface area contributed by atoms with Gasteiger partial charge < -0.3 is 5.32 Å². The van der Waals surface area contributed by atoms with Crippen molar-refractivity contribution >= 4 is 5.91 Å². The number of hydrogen-bond donors (Lipinski definition) is 1. The van der Waals surface area contributed by atoms with Crippen molar-refractivity contribution in [3.63, 3.8) is 0 Å². The van der Waals surface area contributed by atoms with Gasteiger partial charge in [0.15, 0.2) is 0 Å². The summed E-state index contributed by atoms with van der Waals surface area (Å²) in [5, 5.41) is 2.86. The van der Waals surface area contributed by atoms with Crippen molar-refractivity contribution in [3.05, 3.63) is 48.3 Å². The fraction of sp³-hybridized carbons (Fsp3) is 0.500. The summed E-state index contributed by atoms with van der Waals surface area (Å²) in [7, 11) is 0. The zero-order chi connectivity index (χ0) is 16.7. The Morgan fingerprint density at radius 1 is 1.30 bits per heavy atom. The first kappa shape index (κ1) is 17.6. The molecule has 23 heavy (non-hydrogen) atoms. The molecule has 1 aromatic carbocycles. The van der Waals surface area contributed by atoms with Crippen LogP contribution in [0, 0.1) is 5.82 Å².